The summed E-state index contributed by atoms with van der Waals surface area (Å²) < 4.78 is 25.8. The molecule has 1 N–H and O–H groups in total. The molecule has 4 nitrogen and oxygen atoms in total. The van der Waals surface area contributed by atoms with Gasteiger partial charge in [-0.25, -0.2) is 8.42 Å². The normalized spacial score (nSPS) is 19.8. The molecule has 1 fully saturated rings. The lowest BCUT2D eigenvalue weighted by Crippen LogP contribution is -2.25. The van der Waals surface area contributed by atoms with E-state index in [4.69, 9.17) is 12.2 Å². The Labute approximate surface area is 117 Å². The van der Waals surface area contributed by atoms with Gasteiger partial charge in [-0.05, 0) is 49.7 Å². The van der Waals surface area contributed by atoms with E-state index < -0.39 is 9.84 Å². The van der Waals surface area contributed by atoms with Gasteiger partial charge in [0.25, 0.3) is 0 Å². The van der Waals surface area contributed by atoms with Crippen molar-refractivity contribution in [2.75, 3.05) is 11.5 Å². The Balaban J connectivity index is 2.06. The maximum Gasteiger partial charge on any atom is 0.178 e. The van der Waals surface area contributed by atoms with Crippen molar-refractivity contribution in [2.24, 2.45) is 0 Å². The topological polar surface area (TPSA) is 54.9 Å². The number of nitrogens with zero attached hydrogens (tertiary/aromatic N) is 1. The van der Waals surface area contributed by atoms with Crippen molar-refractivity contribution < 1.29 is 8.42 Å². The summed E-state index contributed by atoms with van der Waals surface area (Å²) in [4.78, 5) is 3.21. The summed E-state index contributed by atoms with van der Waals surface area (Å²) in [5, 5.41) is 0. The number of imidazole rings is 1. The van der Waals surface area contributed by atoms with Crippen LogP contribution in [0.15, 0.2) is 18.2 Å². The molecule has 3 rings (SSSR count). The van der Waals surface area contributed by atoms with Gasteiger partial charge in [0.15, 0.2) is 4.77 Å². The summed E-state index contributed by atoms with van der Waals surface area (Å²) in [7, 11) is -2.84. The molecule has 1 aliphatic rings. The highest BCUT2D eigenvalue weighted by molar-refractivity contribution is 7.91. The van der Waals surface area contributed by atoms with E-state index in [0.29, 0.717) is 17.6 Å². The van der Waals surface area contributed by atoms with Crippen molar-refractivity contribution in [3.63, 3.8) is 0 Å². The number of rotatable bonds is 1. The van der Waals surface area contributed by atoms with Crippen LogP contribution in [-0.2, 0) is 9.84 Å². The van der Waals surface area contributed by atoms with Crippen LogP contribution in [0, 0.1) is 11.7 Å². The first-order chi connectivity index (χ1) is 8.96. The average Bonchev–Trinajstić information content (AvgIpc) is 2.65. The van der Waals surface area contributed by atoms with Gasteiger partial charge in [0.05, 0.1) is 22.5 Å². The van der Waals surface area contributed by atoms with Crippen LogP contribution in [-0.4, -0.2) is 29.5 Å². The number of hydrogen-bond donors (Lipinski definition) is 1. The molecule has 0 saturated carbocycles. The monoisotopic (exact) mass is 296 g/mol. The Hall–Kier alpha value is -1.14. The molecule has 0 spiro atoms. The van der Waals surface area contributed by atoms with Crippen LogP contribution < -0.4 is 0 Å². The second kappa shape index (κ2) is 4.45. The summed E-state index contributed by atoms with van der Waals surface area (Å²) >= 11 is 5.39. The standard InChI is InChI=1S/C13H16N2O2S2/c1-9-2-3-12-11(8-9)14-13(18)15(12)10-4-6-19(16,17)7-5-10/h2-3,8,10H,4-7H2,1H3,(H,14,18). The van der Waals surface area contributed by atoms with E-state index in [-0.39, 0.29) is 17.5 Å². The zero-order valence-electron chi connectivity index (χ0n) is 10.7. The smallest absolute Gasteiger partial charge is 0.178 e. The molecule has 0 aliphatic carbocycles. The van der Waals surface area contributed by atoms with Crippen molar-refractivity contribution in [1.29, 1.82) is 0 Å². The number of nitrogens with one attached hydrogen (secondary N) is 1. The second-order valence-corrected chi connectivity index (χ2v) is 7.89. The number of sulfone groups is 1. The van der Waals surface area contributed by atoms with Crippen LogP contribution in [0.1, 0.15) is 24.4 Å². The third-order valence-electron chi connectivity index (χ3n) is 3.76. The summed E-state index contributed by atoms with van der Waals surface area (Å²) in [5.74, 6) is 0.524. The van der Waals surface area contributed by atoms with Gasteiger partial charge in [-0.2, -0.15) is 0 Å². The molecule has 2 heterocycles. The molecule has 0 amide bonds. The molecule has 2 aromatic rings. The predicted molar refractivity (Wildman–Crippen MR) is 78.8 cm³/mol. The Morgan fingerprint density at radius 1 is 1.32 bits per heavy atom. The third-order valence-corrected chi connectivity index (χ3v) is 5.78. The highest BCUT2D eigenvalue weighted by Crippen LogP contribution is 2.28. The number of aryl methyl sites for hydroxylation is 1. The van der Waals surface area contributed by atoms with Crippen LogP contribution in [0.5, 0.6) is 0 Å². The quantitative estimate of drug-likeness (QED) is 0.823. The van der Waals surface area contributed by atoms with E-state index in [9.17, 15) is 8.42 Å². The lowest BCUT2D eigenvalue weighted by molar-refractivity contribution is 0.455. The first kappa shape index (κ1) is 12.9. The van der Waals surface area contributed by atoms with Gasteiger partial charge in [-0.1, -0.05) is 6.07 Å². The summed E-state index contributed by atoms with van der Waals surface area (Å²) in [6, 6.07) is 6.37. The number of benzene rings is 1. The van der Waals surface area contributed by atoms with Crippen molar-refractivity contribution >= 4 is 33.1 Å². The molecule has 102 valence electrons. The van der Waals surface area contributed by atoms with Crippen LogP contribution in [0.3, 0.4) is 0 Å². The molecule has 0 unspecified atom stereocenters. The van der Waals surface area contributed by atoms with Crippen molar-refractivity contribution in [3.05, 3.63) is 28.5 Å². The van der Waals surface area contributed by atoms with Gasteiger partial charge in [-0.3, -0.25) is 0 Å². The Kier molecular flexibility index (Phi) is 3.02. The second-order valence-electron chi connectivity index (χ2n) is 5.20. The molecule has 19 heavy (non-hydrogen) atoms. The van der Waals surface area contributed by atoms with Gasteiger partial charge >= 0.3 is 0 Å². The maximum absolute atomic E-state index is 11.5. The molecule has 1 saturated heterocycles. The minimum absolute atomic E-state index is 0.187. The lowest BCUT2D eigenvalue weighted by Gasteiger charge is -2.23. The molecular weight excluding hydrogens is 280 g/mol. The molecule has 1 aromatic carbocycles. The van der Waals surface area contributed by atoms with E-state index in [1.807, 2.05) is 6.92 Å². The Morgan fingerprint density at radius 2 is 2.00 bits per heavy atom. The fourth-order valence-electron chi connectivity index (χ4n) is 2.74. The molecule has 0 atom stereocenters. The zero-order valence-corrected chi connectivity index (χ0v) is 12.4. The lowest BCUT2D eigenvalue weighted by atomic mass is 10.1. The fourth-order valence-corrected chi connectivity index (χ4v) is 4.57. The highest BCUT2D eigenvalue weighted by atomic mass is 32.2. The van der Waals surface area contributed by atoms with Gasteiger partial charge in [-0.15, -0.1) is 0 Å². The summed E-state index contributed by atoms with van der Waals surface area (Å²) in [5.41, 5.74) is 3.28. The summed E-state index contributed by atoms with van der Waals surface area (Å²) in [6.45, 7) is 2.04. The van der Waals surface area contributed by atoms with E-state index >= 15 is 0 Å². The van der Waals surface area contributed by atoms with Crippen LogP contribution in [0.2, 0.25) is 0 Å². The van der Waals surface area contributed by atoms with Crippen LogP contribution in [0.25, 0.3) is 11.0 Å². The Morgan fingerprint density at radius 3 is 2.68 bits per heavy atom. The van der Waals surface area contributed by atoms with Gasteiger partial charge in [0, 0.05) is 6.04 Å². The number of aromatic nitrogens is 2. The fraction of sp³-hybridized carbons (Fsp3) is 0.462. The predicted octanol–water partition coefficient (Wildman–Crippen LogP) is 2.76. The number of aromatic amines is 1. The van der Waals surface area contributed by atoms with Gasteiger partial charge in [0.2, 0.25) is 0 Å². The molecular formula is C13H16N2O2S2. The average molecular weight is 296 g/mol. The SMILES string of the molecule is Cc1ccc2c(c1)[nH]c(=S)n2C1CCS(=O)(=O)CC1. The molecule has 1 aliphatic heterocycles. The maximum atomic E-state index is 11.5. The molecule has 1 aromatic heterocycles. The zero-order chi connectivity index (χ0) is 13.6. The Bertz CT molecular complexity index is 773. The minimum atomic E-state index is -2.84. The van der Waals surface area contributed by atoms with E-state index in [1.165, 1.54) is 5.56 Å². The molecule has 0 bridgehead atoms. The molecule has 0 radical (unpaired) electrons. The van der Waals surface area contributed by atoms with Crippen LogP contribution in [0.4, 0.5) is 0 Å². The van der Waals surface area contributed by atoms with Crippen molar-refractivity contribution in [2.45, 2.75) is 25.8 Å². The highest BCUT2D eigenvalue weighted by Gasteiger charge is 2.26. The first-order valence-corrected chi connectivity index (χ1v) is 8.60. The van der Waals surface area contributed by atoms with Crippen molar-refractivity contribution in [1.82, 2.24) is 9.55 Å². The number of hydrogen-bond acceptors (Lipinski definition) is 3. The third kappa shape index (κ3) is 2.34. The minimum Gasteiger partial charge on any atom is -0.331 e. The van der Waals surface area contributed by atoms with E-state index in [0.717, 1.165) is 11.0 Å². The van der Waals surface area contributed by atoms with Gasteiger partial charge in [0.1, 0.15) is 9.84 Å². The summed E-state index contributed by atoms with van der Waals surface area (Å²) in [6.07, 6.45) is 1.30. The number of H-pyrrole nitrogens is 1. The number of fused-ring (bicyclic) bond motifs is 1. The van der Waals surface area contributed by atoms with E-state index in [2.05, 4.69) is 27.8 Å². The van der Waals surface area contributed by atoms with Gasteiger partial charge < -0.3 is 9.55 Å². The first-order valence-electron chi connectivity index (χ1n) is 6.37. The molecule has 6 heteroatoms. The van der Waals surface area contributed by atoms with E-state index in [1.54, 1.807) is 0 Å². The van der Waals surface area contributed by atoms with Crippen molar-refractivity contribution in [3.8, 4) is 0 Å². The van der Waals surface area contributed by atoms with Crippen LogP contribution >= 0.6 is 12.2 Å². The largest absolute Gasteiger partial charge is 0.331 e.